The largest absolute Gasteiger partial charge is 0.387 e. The van der Waals surface area contributed by atoms with Gasteiger partial charge in [-0.2, -0.15) is 0 Å². The Hall–Kier alpha value is -1.51. The second-order valence-electron chi connectivity index (χ2n) is 5.14. The summed E-state index contributed by atoms with van der Waals surface area (Å²) in [6, 6.07) is 5.90. The van der Waals surface area contributed by atoms with E-state index in [4.69, 9.17) is 0 Å². The third kappa shape index (κ3) is 3.49. The van der Waals surface area contributed by atoms with Crippen LogP contribution in [0.3, 0.4) is 0 Å². The van der Waals surface area contributed by atoms with Gasteiger partial charge in [-0.1, -0.05) is 24.5 Å². The smallest absolute Gasteiger partial charge is 0.253 e. The quantitative estimate of drug-likeness (QED) is 0.758. The monoisotopic (exact) mass is 246 g/mol. The number of anilines is 1. The van der Waals surface area contributed by atoms with Crippen LogP contribution >= 0.6 is 0 Å². The van der Waals surface area contributed by atoms with E-state index in [0.717, 1.165) is 35.7 Å². The van der Waals surface area contributed by atoms with E-state index in [1.54, 1.807) is 0 Å². The molecule has 1 amide bonds. The normalized spacial score (nSPS) is 14.3. The van der Waals surface area contributed by atoms with Gasteiger partial charge in [0.2, 0.25) is 0 Å². The van der Waals surface area contributed by atoms with E-state index in [0.29, 0.717) is 0 Å². The van der Waals surface area contributed by atoms with Crippen molar-refractivity contribution in [1.82, 2.24) is 5.32 Å². The Morgan fingerprint density at radius 2 is 2.17 bits per heavy atom. The summed E-state index contributed by atoms with van der Waals surface area (Å²) in [7, 11) is 1.84. The SMILES string of the molecule is CNc1ccc(C)cc1C(=O)NCCCC1CC1. The number of carbonyl (C=O) groups is 1. The molecule has 0 radical (unpaired) electrons. The van der Waals surface area contributed by atoms with E-state index in [2.05, 4.69) is 10.6 Å². The van der Waals surface area contributed by atoms with Gasteiger partial charge in [0, 0.05) is 19.3 Å². The van der Waals surface area contributed by atoms with E-state index in [1.165, 1.54) is 19.3 Å². The van der Waals surface area contributed by atoms with Crippen LogP contribution in [0.15, 0.2) is 18.2 Å². The zero-order chi connectivity index (χ0) is 13.0. The van der Waals surface area contributed by atoms with Crippen molar-refractivity contribution in [2.75, 3.05) is 18.9 Å². The van der Waals surface area contributed by atoms with Gasteiger partial charge < -0.3 is 10.6 Å². The lowest BCUT2D eigenvalue weighted by molar-refractivity contribution is 0.0953. The van der Waals surface area contributed by atoms with Crippen LogP contribution in [0.1, 0.15) is 41.6 Å². The number of carbonyl (C=O) groups excluding carboxylic acids is 1. The number of rotatable bonds is 6. The number of nitrogens with one attached hydrogen (secondary N) is 2. The lowest BCUT2D eigenvalue weighted by atomic mass is 10.1. The van der Waals surface area contributed by atoms with Gasteiger partial charge in [0.25, 0.3) is 5.91 Å². The van der Waals surface area contributed by atoms with Crippen molar-refractivity contribution >= 4 is 11.6 Å². The first kappa shape index (κ1) is 12.9. The van der Waals surface area contributed by atoms with Gasteiger partial charge in [0.1, 0.15) is 0 Å². The molecule has 2 rings (SSSR count). The molecule has 1 aromatic carbocycles. The predicted octanol–water partition coefficient (Wildman–Crippen LogP) is 2.96. The minimum Gasteiger partial charge on any atom is -0.387 e. The summed E-state index contributed by atoms with van der Waals surface area (Å²) in [5, 5.41) is 6.07. The van der Waals surface area contributed by atoms with Crippen molar-refractivity contribution in [1.29, 1.82) is 0 Å². The Morgan fingerprint density at radius 3 is 2.83 bits per heavy atom. The first-order valence-electron chi connectivity index (χ1n) is 6.77. The third-order valence-corrected chi connectivity index (χ3v) is 3.46. The molecule has 0 spiro atoms. The second-order valence-corrected chi connectivity index (χ2v) is 5.14. The van der Waals surface area contributed by atoms with Gasteiger partial charge in [-0.25, -0.2) is 0 Å². The molecule has 0 atom stereocenters. The summed E-state index contributed by atoms with van der Waals surface area (Å²) in [5.74, 6) is 0.965. The molecule has 0 heterocycles. The number of amides is 1. The molecule has 0 saturated heterocycles. The molecule has 0 aromatic heterocycles. The molecule has 0 unspecified atom stereocenters. The molecule has 0 aliphatic heterocycles. The van der Waals surface area contributed by atoms with Crippen LogP contribution in [0.5, 0.6) is 0 Å². The maximum absolute atomic E-state index is 12.1. The molecule has 0 bridgehead atoms. The fourth-order valence-corrected chi connectivity index (χ4v) is 2.16. The average molecular weight is 246 g/mol. The van der Waals surface area contributed by atoms with Crippen LogP contribution in [0.2, 0.25) is 0 Å². The molecule has 1 saturated carbocycles. The van der Waals surface area contributed by atoms with Crippen LogP contribution in [0.4, 0.5) is 5.69 Å². The Balaban J connectivity index is 1.88. The number of hydrogen-bond donors (Lipinski definition) is 2. The molecule has 3 nitrogen and oxygen atoms in total. The highest BCUT2D eigenvalue weighted by molar-refractivity contribution is 5.99. The highest BCUT2D eigenvalue weighted by Gasteiger charge is 2.20. The lowest BCUT2D eigenvalue weighted by Gasteiger charge is -2.10. The van der Waals surface area contributed by atoms with Crippen LogP contribution in [-0.2, 0) is 0 Å². The van der Waals surface area contributed by atoms with Crippen molar-refractivity contribution < 1.29 is 4.79 Å². The lowest BCUT2D eigenvalue weighted by Crippen LogP contribution is -2.25. The topological polar surface area (TPSA) is 41.1 Å². The van der Waals surface area contributed by atoms with E-state index >= 15 is 0 Å². The summed E-state index contributed by atoms with van der Waals surface area (Å²) in [6.07, 6.45) is 5.12. The molecule has 3 heteroatoms. The Morgan fingerprint density at radius 1 is 1.39 bits per heavy atom. The molecular formula is C15H22N2O. The Kier molecular flexibility index (Phi) is 4.24. The van der Waals surface area contributed by atoms with Crippen LogP contribution in [0.25, 0.3) is 0 Å². The third-order valence-electron chi connectivity index (χ3n) is 3.46. The van der Waals surface area contributed by atoms with Crippen molar-refractivity contribution in [3.8, 4) is 0 Å². The number of benzene rings is 1. The zero-order valence-corrected chi connectivity index (χ0v) is 11.3. The maximum atomic E-state index is 12.1. The standard InChI is InChI=1S/C15H22N2O/c1-11-5-8-14(16-2)13(10-11)15(18)17-9-3-4-12-6-7-12/h5,8,10,12,16H,3-4,6-7,9H2,1-2H3,(H,17,18). The first-order chi connectivity index (χ1) is 8.70. The van der Waals surface area contributed by atoms with Crippen molar-refractivity contribution in [3.05, 3.63) is 29.3 Å². The molecule has 1 aliphatic carbocycles. The molecule has 98 valence electrons. The minimum atomic E-state index is 0.0267. The summed E-state index contributed by atoms with van der Waals surface area (Å²) < 4.78 is 0. The van der Waals surface area contributed by atoms with E-state index in [-0.39, 0.29) is 5.91 Å². The van der Waals surface area contributed by atoms with Gasteiger partial charge in [-0.3, -0.25) is 4.79 Å². The van der Waals surface area contributed by atoms with Crippen LogP contribution in [0, 0.1) is 12.8 Å². The molecule has 18 heavy (non-hydrogen) atoms. The van der Waals surface area contributed by atoms with Crippen molar-refractivity contribution in [3.63, 3.8) is 0 Å². The fourth-order valence-electron chi connectivity index (χ4n) is 2.16. The van der Waals surface area contributed by atoms with Crippen LogP contribution in [-0.4, -0.2) is 19.5 Å². The van der Waals surface area contributed by atoms with Gasteiger partial charge in [0.05, 0.1) is 5.56 Å². The fraction of sp³-hybridized carbons (Fsp3) is 0.533. The van der Waals surface area contributed by atoms with E-state index < -0.39 is 0 Å². The van der Waals surface area contributed by atoms with E-state index in [1.807, 2.05) is 32.2 Å². The predicted molar refractivity (Wildman–Crippen MR) is 75.0 cm³/mol. The summed E-state index contributed by atoms with van der Waals surface area (Å²) in [4.78, 5) is 12.1. The van der Waals surface area contributed by atoms with E-state index in [9.17, 15) is 4.79 Å². The molecule has 1 aromatic rings. The maximum Gasteiger partial charge on any atom is 0.253 e. The molecular weight excluding hydrogens is 224 g/mol. The van der Waals surface area contributed by atoms with Gasteiger partial charge >= 0.3 is 0 Å². The number of hydrogen-bond acceptors (Lipinski definition) is 2. The number of aryl methyl sites for hydroxylation is 1. The van der Waals surface area contributed by atoms with Gasteiger partial charge in [-0.15, -0.1) is 0 Å². The van der Waals surface area contributed by atoms with Crippen LogP contribution < -0.4 is 10.6 Å². The highest BCUT2D eigenvalue weighted by Crippen LogP contribution is 2.33. The highest BCUT2D eigenvalue weighted by atomic mass is 16.1. The Bertz CT molecular complexity index is 425. The summed E-state index contributed by atoms with van der Waals surface area (Å²) in [5.41, 5.74) is 2.74. The van der Waals surface area contributed by atoms with Gasteiger partial charge in [-0.05, 0) is 37.8 Å². The molecule has 1 fully saturated rings. The Labute approximate surface area is 109 Å². The summed E-state index contributed by atoms with van der Waals surface area (Å²) >= 11 is 0. The van der Waals surface area contributed by atoms with Crippen molar-refractivity contribution in [2.45, 2.75) is 32.6 Å². The minimum absolute atomic E-state index is 0.0267. The summed E-state index contributed by atoms with van der Waals surface area (Å²) in [6.45, 7) is 2.79. The molecule has 2 N–H and O–H groups in total. The molecule has 1 aliphatic rings. The second kappa shape index (κ2) is 5.89. The first-order valence-corrected chi connectivity index (χ1v) is 6.77. The van der Waals surface area contributed by atoms with Crippen molar-refractivity contribution in [2.24, 2.45) is 5.92 Å². The zero-order valence-electron chi connectivity index (χ0n) is 11.3. The average Bonchev–Trinajstić information content (AvgIpc) is 3.18. The van der Waals surface area contributed by atoms with Gasteiger partial charge in [0.15, 0.2) is 0 Å².